The number of rotatable bonds is 6. The zero-order valence-corrected chi connectivity index (χ0v) is 15.3. The molecule has 0 spiro atoms. The Bertz CT molecular complexity index is 874. The summed E-state index contributed by atoms with van der Waals surface area (Å²) in [6, 6.07) is 21.5. The van der Waals surface area contributed by atoms with E-state index in [1.807, 2.05) is 41.2 Å². The minimum absolute atomic E-state index is 0. The summed E-state index contributed by atoms with van der Waals surface area (Å²) in [4.78, 5) is 12.3. The largest absolute Gasteiger partial charge is 1.00 e. The Balaban J connectivity index is 0.00000243. The van der Waals surface area contributed by atoms with Crippen molar-refractivity contribution in [2.75, 3.05) is 7.11 Å². The van der Waals surface area contributed by atoms with Crippen molar-refractivity contribution in [3.05, 3.63) is 102 Å². The Kier molecular flexibility index (Phi) is 7.12. The first kappa shape index (κ1) is 19.4. The number of hydrogen-bond acceptors (Lipinski definition) is 2. The lowest BCUT2D eigenvalue weighted by atomic mass is 10.1. The molecule has 3 nitrogen and oxygen atoms in total. The highest BCUT2D eigenvalue weighted by molar-refractivity contribution is 6.05. The van der Waals surface area contributed by atoms with Crippen LogP contribution < -0.4 is 21.7 Å². The van der Waals surface area contributed by atoms with Crippen molar-refractivity contribution in [2.45, 2.75) is 6.42 Å². The summed E-state index contributed by atoms with van der Waals surface area (Å²) in [6.45, 7) is 0. The molecule has 3 rings (SSSR count). The van der Waals surface area contributed by atoms with Gasteiger partial charge in [0, 0.05) is 23.6 Å². The summed E-state index contributed by atoms with van der Waals surface area (Å²) >= 11 is 0. The fourth-order valence-electron chi connectivity index (χ4n) is 2.58. The summed E-state index contributed by atoms with van der Waals surface area (Å²) in [6.07, 6.45) is 8.17. The molecule has 0 radical (unpaired) electrons. The number of ether oxygens (including phenoxy) is 1. The molecular formula is C22H20ClNO2. The van der Waals surface area contributed by atoms with Crippen molar-refractivity contribution in [1.82, 2.24) is 0 Å². The van der Waals surface area contributed by atoms with Crippen LogP contribution in [0.4, 0.5) is 0 Å². The third kappa shape index (κ3) is 5.30. The second-order valence-corrected chi connectivity index (χ2v) is 5.73. The quantitative estimate of drug-likeness (QED) is 0.369. The Morgan fingerprint density at radius 1 is 0.962 bits per heavy atom. The lowest BCUT2D eigenvalue weighted by Gasteiger charge is -2.00. The standard InChI is InChI=1S/C22H20NO2.ClH/c1-25-21-11-9-20(10-12-21)22(24)13-15-23-14-5-8-19(17-23)16-18-6-3-2-4-7-18;/h2-15,17H,16H2,1H3;1H/q+1;/p-1. The Hall–Kier alpha value is -2.91. The van der Waals surface area contributed by atoms with E-state index in [1.165, 1.54) is 11.1 Å². The normalized spacial score (nSPS) is 10.3. The number of aromatic nitrogens is 1. The van der Waals surface area contributed by atoms with Gasteiger partial charge < -0.3 is 17.1 Å². The Morgan fingerprint density at radius 2 is 1.65 bits per heavy atom. The number of methoxy groups -OCH3 is 1. The maximum atomic E-state index is 12.3. The average molecular weight is 366 g/mol. The summed E-state index contributed by atoms with van der Waals surface area (Å²) in [7, 11) is 1.61. The number of hydrogen-bond donors (Lipinski definition) is 0. The molecule has 1 aromatic heterocycles. The number of pyridine rings is 1. The van der Waals surface area contributed by atoms with Crippen LogP contribution >= 0.6 is 0 Å². The summed E-state index contributed by atoms with van der Waals surface area (Å²) in [5, 5.41) is 0. The van der Waals surface area contributed by atoms with Crippen LogP contribution in [-0.2, 0) is 6.42 Å². The number of ketones is 1. The van der Waals surface area contributed by atoms with Gasteiger partial charge in [-0.2, -0.15) is 4.57 Å². The van der Waals surface area contributed by atoms with E-state index >= 15 is 0 Å². The first-order valence-corrected chi connectivity index (χ1v) is 8.15. The van der Waals surface area contributed by atoms with Gasteiger partial charge in [0.25, 0.3) is 0 Å². The van der Waals surface area contributed by atoms with Crippen LogP contribution in [-0.4, -0.2) is 12.9 Å². The molecular weight excluding hydrogens is 346 g/mol. The van der Waals surface area contributed by atoms with Crippen LogP contribution in [0.25, 0.3) is 6.20 Å². The number of carbonyl (C=O) groups excluding carboxylic acids is 1. The smallest absolute Gasteiger partial charge is 0.191 e. The zero-order chi connectivity index (χ0) is 17.5. The van der Waals surface area contributed by atoms with Gasteiger partial charge in [-0.15, -0.1) is 0 Å². The molecule has 0 atom stereocenters. The molecule has 0 aliphatic carbocycles. The average Bonchev–Trinajstić information content (AvgIpc) is 2.67. The Labute approximate surface area is 160 Å². The molecule has 0 saturated heterocycles. The van der Waals surface area contributed by atoms with E-state index in [4.69, 9.17) is 4.74 Å². The molecule has 0 bridgehead atoms. The van der Waals surface area contributed by atoms with Crippen molar-refractivity contribution in [3.63, 3.8) is 0 Å². The second-order valence-electron chi connectivity index (χ2n) is 5.73. The lowest BCUT2D eigenvalue weighted by molar-refractivity contribution is -0.568. The number of nitrogens with zero attached hydrogens (tertiary/aromatic N) is 1. The monoisotopic (exact) mass is 365 g/mol. The molecule has 26 heavy (non-hydrogen) atoms. The molecule has 0 unspecified atom stereocenters. The van der Waals surface area contributed by atoms with Crippen molar-refractivity contribution >= 4 is 12.0 Å². The first-order chi connectivity index (χ1) is 12.2. The van der Waals surface area contributed by atoms with E-state index in [0.717, 1.165) is 12.2 Å². The number of carbonyl (C=O) groups is 1. The number of benzene rings is 2. The number of allylic oxidation sites excluding steroid dienone is 1. The van der Waals surface area contributed by atoms with Crippen LogP contribution in [0.3, 0.4) is 0 Å². The van der Waals surface area contributed by atoms with Gasteiger partial charge in [0.15, 0.2) is 24.4 Å². The van der Waals surface area contributed by atoms with Crippen molar-refractivity contribution in [2.24, 2.45) is 0 Å². The third-order valence-corrected chi connectivity index (χ3v) is 3.91. The van der Waals surface area contributed by atoms with Crippen molar-refractivity contribution in [3.8, 4) is 5.75 Å². The third-order valence-electron chi connectivity index (χ3n) is 3.91. The van der Waals surface area contributed by atoms with E-state index in [1.54, 1.807) is 43.7 Å². The molecule has 4 heteroatoms. The molecule has 0 amide bonds. The highest BCUT2D eigenvalue weighted by atomic mass is 35.5. The van der Waals surface area contributed by atoms with Crippen molar-refractivity contribution < 1.29 is 26.5 Å². The highest BCUT2D eigenvalue weighted by Gasteiger charge is 2.05. The van der Waals surface area contributed by atoms with E-state index in [2.05, 4.69) is 18.2 Å². The van der Waals surface area contributed by atoms with Gasteiger partial charge >= 0.3 is 0 Å². The number of halogens is 1. The van der Waals surface area contributed by atoms with Gasteiger partial charge in [0.05, 0.1) is 13.2 Å². The summed E-state index contributed by atoms with van der Waals surface area (Å²) in [5.41, 5.74) is 3.09. The van der Waals surface area contributed by atoms with Gasteiger partial charge in [-0.3, -0.25) is 4.79 Å². The molecule has 0 aliphatic heterocycles. The Morgan fingerprint density at radius 3 is 2.35 bits per heavy atom. The van der Waals surface area contributed by atoms with E-state index in [0.29, 0.717) is 5.56 Å². The van der Waals surface area contributed by atoms with Crippen LogP contribution in [0, 0.1) is 0 Å². The highest BCUT2D eigenvalue weighted by Crippen LogP contribution is 2.12. The van der Waals surface area contributed by atoms with Crippen molar-refractivity contribution in [1.29, 1.82) is 0 Å². The molecule has 0 fully saturated rings. The predicted molar refractivity (Wildman–Crippen MR) is 98.5 cm³/mol. The fourth-order valence-corrected chi connectivity index (χ4v) is 2.58. The molecule has 0 saturated carbocycles. The van der Waals surface area contributed by atoms with E-state index in [9.17, 15) is 4.79 Å². The zero-order valence-electron chi connectivity index (χ0n) is 14.5. The van der Waals surface area contributed by atoms with E-state index in [-0.39, 0.29) is 18.2 Å². The van der Waals surface area contributed by atoms with Crippen LogP contribution in [0.1, 0.15) is 21.5 Å². The van der Waals surface area contributed by atoms with Gasteiger partial charge in [0.2, 0.25) is 0 Å². The summed E-state index contributed by atoms with van der Waals surface area (Å²) in [5.74, 6) is 0.701. The second kappa shape index (κ2) is 9.54. The van der Waals surface area contributed by atoms with Gasteiger partial charge in [-0.05, 0) is 35.9 Å². The van der Waals surface area contributed by atoms with Gasteiger partial charge in [-0.25, -0.2) is 0 Å². The predicted octanol–water partition coefficient (Wildman–Crippen LogP) is 0.931. The van der Waals surface area contributed by atoms with Crippen LogP contribution in [0.15, 0.2) is 85.2 Å². The van der Waals surface area contributed by atoms with Gasteiger partial charge in [0.1, 0.15) is 5.75 Å². The topological polar surface area (TPSA) is 30.2 Å². The minimum Gasteiger partial charge on any atom is -1.00 e. The summed E-state index contributed by atoms with van der Waals surface area (Å²) < 4.78 is 7.01. The molecule has 1 heterocycles. The minimum atomic E-state index is -0.0383. The molecule has 3 aromatic rings. The SMILES string of the molecule is COc1ccc(C(=O)C=C[n+]2cccc(Cc3ccccc3)c2)cc1.[Cl-]. The first-order valence-electron chi connectivity index (χ1n) is 8.15. The van der Waals surface area contributed by atoms with Crippen LogP contribution in [0.2, 0.25) is 0 Å². The fraction of sp³-hybridized carbons (Fsp3) is 0.0909. The van der Waals surface area contributed by atoms with E-state index < -0.39 is 0 Å². The van der Waals surface area contributed by atoms with Gasteiger partial charge in [-0.1, -0.05) is 30.3 Å². The molecule has 0 aliphatic rings. The molecule has 132 valence electrons. The lowest BCUT2D eigenvalue weighted by Crippen LogP contribution is -3.00. The maximum absolute atomic E-state index is 12.3. The maximum Gasteiger partial charge on any atom is 0.191 e. The molecule has 2 aromatic carbocycles. The van der Waals surface area contributed by atoms with Crippen LogP contribution in [0.5, 0.6) is 5.75 Å². The molecule has 0 N–H and O–H groups in total.